The van der Waals surface area contributed by atoms with Crippen LogP contribution in [0.1, 0.15) is 25.3 Å². The molecule has 0 aliphatic carbocycles. The smallest absolute Gasteiger partial charge is 0.306 e. The summed E-state index contributed by atoms with van der Waals surface area (Å²) in [5.74, 6) is -0.0176. The summed E-state index contributed by atoms with van der Waals surface area (Å²) in [6.45, 7) is 2.75. The van der Waals surface area contributed by atoms with E-state index in [0.29, 0.717) is 18.0 Å². The van der Waals surface area contributed by atoms with Crippen LogP contribution < -0.4 is 5.73 Å². The van der Waals surface area contributed by atoms with Crippen molar-refractivity contribution in [1.82, 2.24) is 0 Å². The fourth-order valence-electron chi connectivity index (χ4n) is 1.46. The van der Waals surface area contributed by atoms with Gasteiger partial charge in [0.1, 0.15) is 6.61 Å². The van der Waals surface area contributed by atoms with Gasteiger partial charge in [-0.25, -0.2) is 0 Å². The summed E-state index contributed by atoms with van der Waals surface area (Å²) in [5.41, 5.74) is 6.36. The van der Waals surface area contributed by atoms with E-state index >= 15 is 0 Å². The van der Waals surface area contributed by atoms with Gasteiger partial charge >= 0.3 is 5.97 Å². The zero-order valence-corrected chi connectivity index (χ0v) is 10.7. The lowest BCUT2D eigenvalue weighted by Gasteiger charge is -2.11. The number of nitrogens with two attached hydrogens (primary N) is 1. The normalized spacial score (nSPS) is 12.2. The predicted octanol–water partition coefficient (Wildman–Crippen LogP) is 2.76. The number of ether oxygens (including phenoxy) is 1. The van der Waals surface area contributed by atoms with Crippen molar-refractivity contribution in [1.29, 1.82) is 0 Å². The van der Waals surface area contributed by atoms with E-state index in [4.69, 9.17) is 22.1 Å². The molecular weight excluding hydrogens is 238 g/mol. The molecule has 0 aromatic heterocycles. The molecule has 1 unspecified atom stereocenters. The first-order chi connectivity index (χ1) is 8.17. The van der Waals surface area contributed by atoms with E-state index in [2.05, 4.69) is 0 Å². The molecule has 94 valence electrons. The van der Waals surface area contributed by atoms with Gasteiger partial charge in [-0.3, -0.25) is 4.79 Å². The molecule has 0 aliphatic heterocycles. The highest BCUT2D eigenvalue weighted by Gasteiger charge is 2.12. The largest absolute Gasteiger partial charge is 0.461 e. The number of hydrogen-bond acceptors (Lipinski definition) is 3. The number of carbonyl (C=O) groups excluding carboxylic acids is 1. The van der Waals surface area contributed by atoms with Gasteiger partial charge in [0.25, 0.3) is 0 Å². The van der Waals surface area contributed by atoms with Gasteiger partial charge in [0.15, 0.2) is 0 Å². The average Bonchev–Trinajstić information content (AvgIpc) is 2.35. The molecule has 0 saturated heterocycles. The third-order valence-corrected chi connectivity index (χ3v) is 3.08. The molecule has 0 amide bonds. The third kappa shape index (κ3) is 4.75. The highest BCUT2D eigenvalue weighted by molar-refractivity contribution is 6.31. The zero-order chi connectivity index (χ0) is 12.7. The summed E-state index contributed by atoms with van der Waals surface area (Å²) in [5, 5.41) is 0.617. The predicted molar refractivity (Wildman–Crippen MR) is 68.7 cm³/mol. The molecule has 4 heteroatoms. The van der Waals surface area contributed by atoms with Gasteiger partial charge in [0.05, 0.1) is 0 Å². The maximum atomic E-state index is 11.5. The number of rotatable bonds is 6. The molecule has 17 heavy (non-hydrogen) atoms. The Bertz CT molecular complexity index is 364. The van der Waals surface area contributed by atoms with Gasteiger partial charge in [0.2, 0.25) is 0 Å². The highest BCUT2D eigenvalue weighted by atomic mass is 35.5. The SMILES string of the molecule is CCC(CN)CC(=O)OCc1ccccc1Cl. The summed E-state index contributed by atoms with van der Waals surface area (Å²) >= 11 is 5.96. The summed E-state index contributed by atoms with van der Waals surface area (Å²) in [4.78, 5) is 11.5. The molecule has 1 aromatic rings. The van der Waals surface area contributed by atoms with E-state index in [1.807, 2.05) is 25.1 Å². The number of benzene rings is 1. The maximum absolute atomic E-state index is 11.5. The van der Waals surface area contributed by atoms with Crippen LogP contribution in [0.3, 0.4) is 0 Å². The Balaban J connectivity index is 2.41. The first kappa shape index (κ1) is 14.0. The number of hydrogen-bond donors (Lipinski definition) is 1. The summed E-state index contributed by atoms with van der Waals surface area (Å²) in [6, 6.07) is 7.33. The zero-order valence-electron chi connectivity index (χ0n) is 9.99. The van der Waals surface area contributed by atoms with E-state index in [1.165, 1.54) is 0 Å². The van der Waals surface area contributed by atoms with Gasteiger partial charge in [-0.1, -0.05) is 43.1 Å². The van der Waals surface area contributed by atoms with Crippen LogP contribution in [0.2, 0.25) is 5.02 Å². The quantitative estimate of drug-likeness (QED) is 0.796. The van der Waals surface area contributed by atoms with Crippen LogP contribution in [0.5, 0.6) is 0 Å². The molecule has 0 aliphatic rings. The molecule has 1 rings (SSSR count). The second-order valence-electron chi connectivity index (χ2n) is 3.97. The Morgan fingerprint density at radius 1 is 1.47 bits per heavy atom. The Labute approximate surface area is 107 Å². The lowest BCUT2D eigenvalue weighted by Crippen LogP contribution is -2.18. The first-order valence-corrected chi connectivity index (χ1v) is 6.14. The molecule has 0 spiro atoms. The molecule has 1 atom stereocenters. The minimum atomic E-state index is -0.220. The van der Waals surface area contributed by atoms with Gasteiger partial charge in [-0.15, -0.1) is 0 Å². The molecule has 2 N–H and O–H groups in total. The van der Waals surface area contributed by atoms with Gasteiger partial charge in [-0.05, 0) is 18.5 Å². The maximum Gasteiger partial charge on any atom is 0.306 e. The standard InChI is InChI=1S/C13H18ClNO2/c1-2-10(8-15)7-13(16)17-9-11-5-3-4-6-12(11)14/h3-6,10H,2,7-9,15H2,1H3. The van der Waals surface area contributed by atoms with Crippen molar-refractivity contribution in [3.05, 3.63) is 34.9 Å². The van der Waals surface area contributed by atoms with Crippen LogP contribution in [0, 0.1) is 5.92 Å². The van der Waals surface area contributed by atoms with Crippen LogP contribution in [-0.2, 0) is 16.1 Å². The molecule has 0 saturated carbocycles. The fraction of sp³-hybridized carbons (Fsp3) is 0.462. The molecule has 1 aromatic carbocycles. The third-order valence-electron chi connectivity index (χ3n) is 2.71. The average molecular weight is 256 g/mol. The van der Waals surface area contributed by atoms with Crippen LogP contribution in [0.4, 0.5) is 0 Å². The Morgan fingerprint density at radius 2 is 2.18 bits per heavy atom. The lowest BCUT2D eigenvalue weighted by molar-refractivity contribution is -0.146. The topological polar surface area (TPSA) is 52.3 Å². The second kappa shape index (κ2) is 7.30. The van der Waals surface area contributed by atoms with E-state index < -0.39 is 0 Å². The summed E-state index contributed by atoms with van der Waals surface area (Å²) in [7, 11) is 0. The van der Waals surface area contributed by atoms with Crippen LogP contribution in [0.15, 0.2) is 24.3 Å². The van der Waals surface area contributed by atoms with Gasteiger partial charge < -0.3 is 10.5 Å². The highest BCUT2D eigenvalue weighted by Crippen LogP contribution is 2.16. The van der Waals surface area contributed by atoms with E-state index in [1.54, 1.807) is 6.07 Å². The van der Waals surface area contributed by atoms with Crippen molar-refractivity contribution >= 4 is 17.6 Å². The minimum Gasteiger partial charge on any atom is -0.461 e. The van der Waals surface area contributed by atoms with Crippen molar-refractivity contribution in [3.63, 3.8) is 0 Å². The van der Waals surface area contributed by atoms with Gasteiger partial charge in [0, 0.05) is 17.0 Å². The van der Waals surface area contributed by atoms with Crippen LogP contribution in [0.25, 0.3) is 0 Å². The van der Waals surface area contributed by atoms with Crippen molar-refractivity contribution < 1.29 is 9.53 Å². The molecule has 0 radical (unpaired) electrons. The van der Waals surface area contributed by atoms with E-state index in [-0.39, 0.29) is 18.5 Å². The minimum absolute atomic E-state index is 0.203. The van der Waals surface area contributed by atoms with Crippen LogP contribution >= 0.6 is 11.6 Å². The molecule has 0 heterocycles. The Kier molecular flexibility index (Phi) is 6.01. The lowest BCUT2D eigenvalue weighted by atomic mass is 10.0. The fourth-order valence-corrected chi connectivity index (χ4v) is 1.65. The van der Waals surface area contributed by atoms with Crippen molar-refractivity contribution in [2.24, 2.45) is 11.7 Å². The monoisotopic (exact) mass is 255 g/mol. The molecule has 3 nitrogen and oxygen atoms in total. The van der Waals surface area contributed by atoms with Crippen molar-refractivity contribution in [2.75, 3.05) is 6.54 Å². The number of carbonyl (C=O) groups is 1. The number of halogens is 1. The molecular formula is C13H18ClNO2. The summed E-state index contributed by atoms with van der Waals surface area (Å²) < 4.78 is 5.16. The molecule has 0 bridgehead atoms. The van der Waals surface area contributed by atoms with Crippen LogP contribution in [-0.4, -0.2) is 12.5 Å². The Morgan fingerprint density at radius 3 is 2.76 bits per heavy atom. The van der Waals surface area contributed by atoms with Crippen molar-refractivity contribution in [3.8, 4) is 0 Å². The van der Waals surface area contributed by atoms with E-state index in [0.717, 1.165) is 12.0 Å². The Hall–Kier alpha value is -1.06. The number of esters is 1. The van der Waals surface area contributed by atoms with Crippen molar-refractivity contribution in [2.45, 2.75) is 26.4 Å². The first-order valence-electron chi connectivity index (χ1n) is 5.76. The summed E-state index contributed by atoms with van der Waals surface area (Å²) in [6.07, 6.45) is 1.26. The second-order valence-corrected chi connectivity index (χ2v) is 4.37. The van der Waals surface area contributed by atoms with E-state index in [9.17, 15) is 4.79 Å². The van der Waals surface area contributed by atoms with Gasteiger partial charge in [-0.2, -0.15) is 0 Å². The molecule has 0 fully saturated rings.